The van der Waals surface area contributed by atoms with Crippen LogP contribution in [0.25, 0.3) is 0 Å². The summed E-state index contributed by atoms with van der Waals surface area (Å²) in [5.41, 5.74) is 0.946. The molecular weight excluding hydrogens is 258 g/mol. The molecule has 1 fully saturated rings. The van der Waals surface area contributed by atoms with Gasteiger partial charge in [0.25, 0.3) is 0 Å². The number of hydrogen-bond donors (Lipinski definition) is 0. The Kier molecular flexibility index (Phi) is 4.95. The second kappa shape index (κ2) is 6.70. The van der Waals surface area contributed by atoms with Gasteiger partial charge in [-0.05, 0) is 43.9 Å². The van der Waals surface area contributed by atoms with Gasteiger partial charge in [-0.2, -0.15) is 0 Å². The monoisotopic (exact) mass is 279 g/mol. The van der Waals surface area contributed by atoms with E-state index in [2.05, 4.69) is 0 Å². The zero-order chi connectivity index (χ0) is 14.5. The van der Waals surface area contributed by atoms with Gasteiger partial charge in [-0.25, -0.2) is 0 Å². The first-order chi connectivity index (χ1) is 9.60. The first-order valence-corrected chi connectivity index (χ1v) is 7.01. The first-order valence-electron chi connectivity index (χ1n) is 7.01. The van der Waals surface area contributed by atoms with Crippen molar-refractivity contribution in [3.8, 4) is 5.75 Å². The highest BCUT2D eigenvalue weighted by atomic mass is 16.6. The van der Waals surface area contributed by atoms with Crippen LogP contribution in [-0.4, -0.2) is 30.8 Å². The molecule has 0 amide bonds. The molecule has 1 aliphatic heterocycles. The number of rotatable bonds is 5. The number of nitrogens with zero attached hydrogens (tertiary/aromatic N) is 1. The van der Waals surface area contributed by atoms with Gasteiger partial charge in [0.05, 0.1) is 25.2 Å². The topological polar surface area (TPSA) is 61.6 Å². The van der Waals surface area contributed by atoms with Crippen LogP contribution >= 0.6 is 0 Å². The number of hydrogen-bond acceptors (Lipinski definition) is 4. The van der Waals surface area contributed by atoms with Crippen LogP contribution in [0.2, 0.25) is 0 Å². The molecule has 0 saturated carbocycles. The van der Waals surface area contributed by atoms with Crippen molar-refractivity contribution >= 4 is 0 Å². The van der Waals surface area contributed by atoms with Crippen LogP contribution < -0.4 is 4.74 Å². The summed E-state index contributed by atoms with van der Waals surface area (Å²) in [4.78, 5) is 10.7. The molecule has 0 unspecified atom stereocenters. The summed E-state index contributed by atoms with van der Waals surface area (Å²) in [6.07, 6.45) is 3.09. The molecule has 1 aromatic rings. The second-order valence-electron chi connectivity index (χ2n) is 5.31. The quantitative estimate of drug-likeness (QED) is 0.614. The fraction of sp³-hybridized carbons (Fsp3) is 0.600. The molecule has 3 atom stereocenters. The maximum Gasteiger partial charge on any atom is 0.213 e. The SMILES string of the molecule is COc1ccc([C@@H](C[N+](=O)[O-])[C@@H]2CCC[C@H](C)O2)cc1. The van der Waals surface area contributed by atoms with Crippen LogP contribution in [0.1, 0.15) is 37.7 Å². The standard InChI is InChI=1S/C15H21NO4/c1-11-4-3-5-15(20-11)14(10-16(17)18)12-6-8-13(19-2)9-7-12/h6-9,11,14-15H,3-5,10H2,1-2H3/t11-,14+,15-/m0/s1. The van der Waals surface area contributed by atoms with E-state index < -0.39 is 0 Å². The predicted molar refractivity (Wildman–Crippen MR) is 75.8 cm³/mol. The molecule has 0 aromatic heterocycles. The van der Waals surface area contributed by atoms with Crippen LogP contribution in [0.15, 0.2) is 24.3 Å². The summed E-state index contributed by atoms with van der Waals surface area (Å²) < 4.78 is 11.1. The van der Waals surface area contributed by atoms with Crippen molar-refractivity contribution in [2.45, 2.75) is 44.3 Å². The van der Waals surface area contributed by atoms with Gasteiger partial charge in [0, 0.05) is 4.92 Å². The molecule has 0 aliphatic carbocycles. The van der Waals surface area contributed by atoms with Gasteiger partial charge < -0.3 is 9.47 Å². The molecule has 1 aromatic carbocycles. The van der Waals surface area contributed by atoms with Crippen molar-refractivity contribution < 1.29 is 14.4 Å². The van der Waals surface area contributed by atoms with Crippen LogP contribution in [0, 0.1) is 10.1 Å². The number of nitro groups is 1. The Bertz CT molecular complexity index is 446. The maximum atomic E-state index is 11.0. The van der Waals surface area contributed by atoms with Crippen LogP contribution in [0.3, 0.4) is 0 Å². The lowest BCUT2D eigenvalue weighted by atomic mass is 9.88. The third-order valence-corrected chi connectivity index (χ3v) is 3.84. The van der Waals surface area contributed by atoms with E-state index in [1.807, 2.05) is 31.2 Å². The average Bonchev–Trinajstić information content (AvgIpc) is 2.45. The number of methoxy groups -OCH3 is 1. The zero-order valence-electron chi connectivity index (χ0n) is 12.0. The Balaban J connectivity index is 2.18. The molecule has 1 aliphatic rings. The molecule has 2 rings (SSSR count). The highest BCUT2D eigenvalue weighted by Gasteiger charge is 2.32. The minimum atomic E-state index is -0.252. The van der Waals surface area contributed by atoms with Crippen LogP contribution in [-0.2, 0) is 4.74 Å². The van der Waals surface area contributed by atoms with Gasteiger partial charge in [0.1, 0.15) is 5.75 Å². The van der Waals surface area contributed by atoms with Crippen molar-refractivity contribution in [3.63, 3.8) is 0 Å². The van der Waals surface area contributed by atoms with Crippen molar-refractivity contribution in [3.05, 3.63) is 39.9 Å². The summed E-state index contributed by atoms with van der Waals surface area (Å²) in [5.74, 6) is 0.560. The Morgan fingerprint density at radius 3 is 2.65 bits per heavy atom. The fourth-order valence-corrected chi connectivity index (χ4v) is 2.79. The van der Waals surface area contributed by atoms with E-state index in [-0.39, 0.29) is 29.6 Å². The fourth-order valence-electron chi connectivity index (χ4n) is 2.79. The van der Waals surface area contributed by atoms with Gasteiger partial charge in [0.2, 0.25) is 6.54 Å². The highest BCUT2D eigenvalue weighted by Crippen LogP contribution is 2.31. The van der Waals surface area contributed by atoms with Gasteiger partial charge in [0.15, 0.2) is 0 Å². The molecule has 110 valence electrons. The van der Waals surface area contributed by atoms with E-state index in [1.54, 1.807) is 7.11 Å². The van der Waals surface area contributed by atoms with Gasteiger partial charge in [-0.1, -0.05) is 12.1 Å². The first kappa shape index (κ1) is 14.8. The lowest BCUT2D eigenvalue weighted by Gasteiger charge is -2.32. The molecule has 1 saturated heterocycles. The smallest absolute Gasteiger partial charge is 0.213 e. The van der Waals surface area contributed by atoms with Crippen LogP contribution in [0.4, 0.5) is 0 Å². The molecule has 1 heterocycles. The molecule has 5 heteroatoms. The van der Waals surface area contributed by atoms with Crippen molar-refractivity contribution in [2.24, 2.45) is 0 Å². The molecule has 0 N–H and O–H groups in total. The second-order valence-corrected chi connectivity index (χ2v) is 5.31. The lowest BCUT2D eigenvalue weighted by Crippen LogP contribution is -2.34. The molecule has 5 nitrogen and oxygen atoms in total. The van der Waals surface area contributed by atoms with Gasteiger partial charge in [-0.15, -0.1) is 0 Å². The average molecular weight is 279 g/mol. The molecular formula is C15H21NO4. The van der Waals surface area contributed by atoms with E-state index in [0.29, 0.717) is 0 Å². The zero-order valence-corrected chi connectivity index (χ0v) is 12.0. The Morgan fingerprint density at radius 1 is 1.40 bits per heavy atom. The molecule has 0 spiro atoms. The highest BCUT2D eigenvalue weighted by molar-refractivity contribution is 5.30. The van der Waals surface area contributed by atoms with Gasteiger partial charge in [-0.3, -0.25) is 10.1 Å². The Hall–Kier alpha value is -1.62. The van der Waals surface area contributed by atoms with Crippen molar-refractivity contribution in [2.75, 3.05) is 13.7 Å². The minimum absolute atomic E-state index is 0.0717. The van der Waals surface area contributed by atoms with E-state index in [1.165, 1.54) is 0 Å². The van der Waals surface area contributed by atoms with Gasteiger partial charge >= 0.3 is 0 Å². The van der Waals surface area contributed by atoms with E-state index in [0.717, 1.165) is 30.6 Å². The number of benzene rings is 1. The molecule has 0 radical (unpaired) electrons. The Morgan fingerprint density at radius 2 is 2.10 bits per heavy atom. The van der Waals surface area contributed by atoms with Crippen molar-refractivity contribution in [1.82, 2.24) is 0 Å². The Labute approximate surface area is 119 Å². The van der Waals surface area contributed by atoms with Crippen molar-refractivity contribution in [1.29, 1.82) is 0 Å². The largest absolute Gasteiger partial charge is 0.497 e. The summed E-state index contributed by atoms with van der Waals surface area (Å²) in [7, 11) is 1.61. The summed E-state index contributed by atoms with van der Waals surface area (Å²) in [6.45, 7) is 1.94. The van der Waals surface area contributed by atoms with E-state index in [4.69, 9.17) is 9.47 Å². The minimum Gasteiger partial charge on any atom is -0.497 e. The lowest BCUT2D eigenvalue weighted by molar-refractivity contribution is -0.486. The molecule has 0 bridgehead atoms. The summed E-state index contributed by atoms with van der Waals surface area (Å²) >= 11 is 0. The van der Waals surface area contributed by atoms with Crippen LogP contribution in [0.5, 0.6) is 5.75 Å². The third kappa shape index (κ3) is 3.70. The van der Waals surface area contributed by atoms with E-state index >= 15 is 0 Å². The predicted octanol–water partition coefficient (Wildman–Crippen LogP) is 3.01. The van der Waals surface area contributed by atoms with E-state index in [9.17, 15) is 10.1 Å². The number of ether oxygens (including phenoxy) is 2. The normalized spacial score (nSPS) is 24.1. The molecule has 20 heavy (non-hydrogen) atoms. The summed E-state index contributed by atoms with van der Waals surface area (Å²) in [5, 5.41) is 11.0. The third-order valence-electron chi connectivity index (χ3n) is 3.84. The summed E-state index contributed by atoms with van der Waals surface area (Å²) in [6, 6.07) is 7.48. The maximum absolute atomic E-state index is 11.0.